The van der Waals surface area contributed by atoms with Gasteiger partial charge in [0.1, 0.15) is 0 Å². The smallest absolute Gasteiger partial charge is 0.0601 e. The van der Waals surface area contributed by atoms with Crippen molar-refractivity contribution in [3.63, 3.8) is 0 Å². The normalized spacial score (nSPS) is 23.4. The van der Waals surface area contributed by atoms with Gasteiger partial charge in [-0.15, -0.1) is 0 Å². The second-order valence-electron chi connectivity index (χ2n) is 4.71. The van der Waals surface area contributed by atoms with Gasteiger partial charge in [0.15, 0.2) is 0 Å². The Bertz CT molecular complexity index is 348. The van der Waals surface area contributed by atoms with E-state index in [4.69, 9.17) is 10.5 Å². The van der Waals surface area contributed by atoms with E-state index in [9.17, 15) is 0 Å². The van der Waals surface area contributed by atoms with Crippen molar-refractivity contribution in [2.45, 2.75) is 38.0 Å². The van der Waals surface area contributed by atoms with Gasteiger partial charge >= 0.3 is 0 Å². The summed E-state index contributed by atoms with van der Waals surface area (Å²) >= 11 is 0. The fraction of sp³-hybridized carbons (Fsp3) is 0.571. The highest BCUT2D eigenvalue weighted by atomic mass is 16.5. The summed E-state index contributed by atoms with van der Waals surface area (Å²) in [4.78, 5) is 0. The summed E-state index contributed by atoms with van der Waals surface area (Å²) < 4.78 is 5.27. The molecule has 1 saturated carbocycles. The lowest BCUT2D eigenvalue weighted by Crippen LogP contribution is -2.44. The minimum absolute atomic E-state index is 0.465. The van der Waals surface area contributed by atoms with Crippen LogP contribution in [0.25, 0.3) is 0 Å². The molecule has 0 aliphatic heterocycles. The molecule has 0 bridgehead atoms. The Morgan fingerprint density at radius 2 is 2.00 bits per heavy atom. The number of nitrogens with two attached hydrogens (primary N) is 1. The second kappa shape index (κ2) is 6.15. The van der Waals surface area contributed by atoms with Crippen molar-refractivity contribution in [3.05, 3.63) is 35.4 Å². The zero-order chi connectivity index (χ0) is 12.1. The van der Waals surface area contributed by atoms with Crippen LogP contribution in [0.1, 0.15) is 24.0 Å². The maximum atomic E-state index is 5.62. The molecular formula is C14H22N2O. The van der Waals surface area contributed by atoms with Gasteiger partial charge in [0.2, 0.25) is 0 Å². The lowest BCUT2D eigenvalue weighted by Gasteiger charge is -2.35. The van der Waals surface area contributed by atoms with Gasteiger partial charge < -0.3 is 15.8 Å². The van der Waals surface area contributed by atoms with E-state index in [0.717, 1.165) is 25.8 Å². The molecule has 0 atom stereocenters. The van der Waals surface area contributed by atoms with E-state index in [2.05, 4.69) is 29.6 Å². The first-order valence-corrected chi connectivity index (χ1v) is 6.36. The fourth-order valence-electron chi connectivity index (χ4n) is 2.31. The number of ether oxygens (including phenoxy) is 1. The summed E-state index contributed by atoms with van der Waals surface area (Å²) in [6.07, 6.45) is 3.70. The molecule has 0 aromatic heterocycles. The number of hydrogen-bond donors (Lipinski definition) is 2. The molecule has 2 rings (SSSR count). The third-order valence-corrected chi connectivity index (χ3v) is 3.54. The molecular weight excluding hydrogens is 212 g/mol. The molecule has 0 spiro atoms. The molecule has 94 valence electrons. The third-order valence-electron chi connectivity index (χ3n) is 3.54. The molecule has 0 heterocycles. The molecule has 3 nitrogen and oxygen atoms in total. The summed E-state index contributed by atoms with van der Waals surface area (Å²) in [5.74, 6) is 0. The van der Waals surface area contributed by atoms with E-state index in [1.807, 2.05) is 0 Å². The second-order valence-corrected chi connectivity index (χ2v) is 4.71. The van der Waals surface area contributed by atoms with E-state index < -0.39 is 0 Å². The van der Waals surface area contributed by atoms with Crippen molar-refractivity contribution < 1.29 is 4.74 Å². The fourth-order valence-corrected chi connectivity index (χ4v) is 2.31. The van der Waals surface area contributed by atoms with E-state index in [0.29, 0.717) is 18.7 Å². The van der Waals surface area contributed by atoms with Crippen molar-refractivity contribution in [2.24, 2.45) is 5.73 Å². The van der Waals surface area contributed by atoms with Crippen molar-refractivity contribution in [1.29, 1.82) is 0 Å². The standard InChI is InChI=1S/C14H22N2O/c1-17-14-8-13(9-14)16-10-12-5-3-2-4-11(12)6-7-15/h2-5,13-14,16H,6-10,15H2,1H3. The lowest BCUT2D eigenvalue weighted by molar-refractivity contribution is 0.0170. The van der Waals surface area contributed by atoms with Gasteiger partial charge in [-0.1, -0.05) is 24.3 Å². The molecule has 1 aromatic rings. The van der Waals surface area contributed by atoms with Gasteiger partial charge in [-0.2, -0.15) is 0 Å². The predicted molar refractivity (Wildman–Crippen MR) is 69.9 cm³/mol. The van der Waals surface area contributed by atoms with E-state index in [1.165, 1.54) is 11.1 Å². The summed E-state index contributed by atoms with van der Waals surface area (Å²) in [6, 6.07) is 9.15. The molecule has 0 amide bonds. The van der Waals surface area contributed by atoms with Crippen LogP contribution < -0.4 is 11.1 Å². The number of nitrogens with one attached hydrogen (secondary N) is 1. The molecule has 0 radical (unpaired) electrons. The minimum atomic E-state index is 0.465. The molecule has 0 unspecified atom stereocenters. The third kappa shape index (κ3) is 3.28. The first-order valence-electron chi connectivity index (χ1n) is 6.36. The monoisotopic (exact) mass is 234 g/mol. The topological polar surface area (TPSA) is 47.3 Å². The highest BCUT2D eigenvalue weighted by Gasteiger charge is 2.28. The molecule has 17 heavy (non-hydrogen) atoms. The highest BCUT2D eigenvalue weighted by molar-refractivity contribution is 5.27. The van der Waals surface area contributed by atoms with Crippen LogP contribution in [0.2, 0.25) is 0 Å². The van der Waals surface area contributed by atoms with Gasteiger partial charge in [-0.3, -0.25) is 0 Å². The zero-order valence-corrected chi connectivity index (χ0v) is 10.5. The molecule has 1 aliphatic carbocycles. The summed E-state index contributed by atoms with van der Waals surface area (Å²) in [5.41, 5.74) is 8.36. The molecule has 1 fully saturated rings. The Labute approximate surface area is 103 Å². The Morgan fingerprint density at radius 3 is 2.65 bits per heavy atom. The van der Waals surface area contributed by atoms with Crippen molar-refractivity contribution in [3.8, 4) is 0 Å². The van der Waals surface area contributed by atoms with Gasteiger partial charge in [0.25, 0.3) is 0 Å². The maximum absolute atomic E-state index is 5.62. The van der Waals surface area contributed by atoms with Crippen LogP contribution in [0.15, 0.2) is 24.3 Å². The van der Waals surface area contributed by atoms with E-state index in [1.54, 1.807) is 7.11 Å². The van der Waals surface area contributed by atoms with Gasteiger partial charge in [0, 0.05) is 19.7 Å². The van der Waals surface area contributed by atoms with Crippen molar-refractivity contribution in [1.82, 2.24) is 5.32 Å². The Balaban J connectivity index is 1.82. The largest absolute Gasteiger partial charge is 0.381 e. The number of rotatable bonds is 6. The highest BCUT2D eigenvalue weighted by Crippen LogP contribution is 2.23. The quantitative estimate of drug-likeness (QED) is 0.783. The Kier molecular flexibility index (Phi) is 4.54. The summed E-state index contributed by atoms with van der Waals surface area (Å²) in [7, 11) is 1.79. The first kappa shape index (κ1) is 12.6. The predicted octanol–water partition coefficient (Wildman–Crippen LogP) is 1.45. The van der Waals surface area contributed by atoms with E-state index >= 15 is 0 Å². The van der Waals surface area contributed by atoms with Gasteiger partial charge in [-0.25, -0.2) is 0 Å². The molecule has 0 saturated heterocycles. The van der Waals surface area contributed by atoms with Crippen LogP contribution in [0, 0.1) is 0 Å². The van der Waals surface area contributed by atoms with Crippen molar-refractivity contribution in [2.75, 3.05) is 13.7 Å². The number of methoxy groups -OCH3 is 1. The molecule has 3 N–H and O–H groups in total. The first-order chi connectivity index (χ1) is 8.33. The maximum Gasteiger partial charge on any atom is 0.0601 e. The van der Waals surface area contributed by atoms with Crippen LogP contribution in [0.3, 0.4) is 0 Å². The van der Waals surface area contributed by atoms with Crippen LogP contribution in [0.5, 0.6) is 0 Å². The van der Waals surface area contributed by atoms with Gasteiger partial charge in [-0.05, 0) is 36.9 Å². The molecule has 1 aliphatic rings. The van der Waals surface area contributed by atoms with Gasteiger partial charge in [0.05, 0.1) is 6.10 Å². The van der Waals surface area contributed by atoms with Crippen LogP contribution in [0.4, 0.5) is 0 Å². The molecule has 3 heteroatoms. The molecule has 1 aromatic carbocycles. The van der Waals surface area contributed by atoms with Crippen molar-refractivity contribution >= 4 is 0 Å². The lowest BCUT2D eigenvalue weighted by atomic mass is 9.89. The Hall–Kier alpha value is -0.900. The average molecular weight is 234 g/mol. The minimum Gasteiger partial charge on any atom is -0.381 e. The average Bonchev–Trinajstić information content (AvgIpc) is 2.30. The van der Waals surface area contributed by atoms with Crippen LogP contribution in [-0.4, -0.2) is 25.8 Å². The number of hydrogen-bond acceptors (Lipinski definition) is 3. The SMILES string of the molecule is COC1CC(NCc2ccccc2CCN)C1. The number of benzene rings is 1. The van der Waals surface area contributed by atoms with Crippen LogP contribution >= 0.6 is 0 Å². The van der Waals surface area contributed by atoms with Crippen LogP contribution in [-0.2, 0) is 17.7 Å². The zero-order valence-electron chi connectivity index (χ0n) is 10.5. The summed E-state index contributed by atoms with van der Waals surface area (Å²) in [6.45, 7) is 1.66. The van der Waals surface area contributed by atoms with E-state index in [-0.39, 0.29) is 0 Å². The summed E-state index contributed by atoms with van der Waals surface area (Å²) in [5, 5.41) is 3.58. The Morgan fingerprint density at radius 1 is 1.29 bits per heavy atom.